The van der Waals surface area contributed by atoms with Gasteiger partial charge in [-0.15, -0.1) is 0 Å². The van der Waals surface area contributed by atoms with E-state index in [2.05, 4.69) is 24.4 Å². The third-order valence-corrected chi connectivity index (χ3v) is 2.43. The van der Waals surface area contributed by atoms with E-state index in [1.54, 1.807) is 0 Å². The van der Waals surface area contributed by atoms with Gasteiger partial charge in [0, 0.05) is 5.69 Å². The van der Waals surface area contributed by atoms with Gasteiger partial charge in [0.1, 0.15) is 12.4 Å². The lowest BCUT2D eigenvalue weighted by molar-refractivity contribution is 0.304. The molecule has 0 fully saturated rings. The van der Waals surface area contributed by atoms with Crippen LogP contribution in [0.2, 0.25) is 0 Å². The minimum absolute atomic E-state index is 0.276. The summed E-state index contributed by atoms with van der Waals surface area (Å²) in [4.78, 5) is 0. The third-order valence-electron chi connectivity index (χ3n) is 2.43. The van der Waals surface area contributed by atoms with Crippen molar-refractivity contribution in [2.45, 2.75) is 13.0 Å². The molecule has 1 unspecified atom stereocenters. The van der Waals surface area contributed by atoms with Gasteiger partial charge in [-0.3, -0.25) is 0 Å². The Bertz CT molecular complexity index is 427. The van der Waals surface area contributed by atoms with Crippen LogP contribution in [0.15, 0.2) is 60.7 Å². The van der Waals surface area contributed by atoms with Crippen LogP contribution in [-0.4, -0.2) is 12.6 Å². The highest BCUT2D eigenvalue weighted by Crippen LogP contribution is 2.10. The van der Waals surface area contributed by atoms with E-state index in [-0.39, 0.29) is 6.04 Å². The fourth-order valence-corrected chi connectivity index (χ4v) is 1.60. The highest BCUT2D eigenvalue weighted by Gasteiger charge is 2.02. The Balaban J connectivity index is 1.80. The minimum Gasteiger partial charge on any atom is -0.491 e. The molecule has 0 aliphatic heterocycles. The Labute approximate surface area is 102 Å². The van der Waals surface area contributed by atoms with E-state index in [1.165, 1.54) is 0 Å². The molecule has 2 rings (SSSR count). The Morgan fingerprint density at radius 3 is 2.18 bits per heavy atom. The van der Waals surface area contributed by atoms with E-state index in [1.807, 2.05) is 48.5 Å². The molecule has 1 atom stereocenters. The maximum absolute atomic E-state index is 5.68. The van der Waals surface area contributed by atoms with Crippen molar-refractivity contribution < 1.29 is 4.74 Å². The maximum Gasteiger partial charge on any atom is 0.119 e. The van der Waals surface area contributed by atoms with Crippen LogP contribution in [0.25, 0.3) is 0 Å². The van der Waals surface area contributed by atoms with Crippen LogP contribution in [0.1, 0.15) is 6.92 Å². The van der Waals surface area contributed by atoms with Crippen molar-refractivity contribution in [3.63, 3.8) is 0 Å². The summed E-state index contributed by atoms with van der Waals surface area (Å²) in [5.74, 6) is 0.911. The molecule has 0 saturated carbocycles. The van der Waals surface area contributed by atoms with Crippen LogP contribution in [0.5, 0.6) is 5.75 Å². The fraction of sp³-hybridized carbons (Fsp3) is 0.200. The average Bonchev–Trinajstić information content (AvgIpc) is 2.39. The summed E-state index contributed by atoms with van der Waals surface area (Å²) in [7, 11) is 0. The normalized spacial score (nSPS) is 11.8. The molecular weight excluding hydrogens is 210 g/mol. The number of ether oxygens (including phenoxy) is 1. The van der Waals surface area contributed by atoms with Gasteiger partial charge in [0.25, 0.3) is 0 Å². The second kappa shape index (κ2) is 5.94. The zero-order chi connectivity index (χ0) is 11.9. The van der Waals surface area contributed by atoms with Crippen LogP contribution in [-0.2, 0) is 0 Å². The van der Waals surface area contributed by atoms with E-state index in [0.717, 1.165) is 11.4 Å². The quantitative estimate of drug-likeness (QED) is 0.843. The van der Waals surface area contributed by atoms with Crippen LogP contribution in [0.3, 0.4) is 0 Å². The van der Waals surface area contributed by atoms with Gasteiger partial charge < -0.3 is 10.1 Å². The molecule has 88 valence electrons. The van der Waals surface area contributed by atoms with Crippen LogP contribution in [0.4, 0.5) is 5.69 Å². The van der Waals surface area contributed by atoms with Crippen molar-refractivity contribution in [1.29, 1.82) is 0 Å². The predicted octanol–water partition coefficient (Wildman–Crippen LogP) is 3.57. The average molecular weight is 227 g/mol. The highest BCUT2D eigenvalue weighted by molar-refractivity contribution is 5.43. The molecule has 0 aliphatic carbocycles. The lowest BCUT2D eigenvalue weighted by atomic mass is 10.3. The Morgan fingerprint density at radius 2 is 1.53 bits per heavy atom. The number of benzene rings is 2. The Morgan fingerprint density at radius 1 is 0.941 bits per heavy atom. The van der Waals surface area contributed by atoms with Crippen molar-refractivity contribution in [2.75, 3.05) is 11.9 Å². The number of hydrogen-bond acceptors (Lipinski definition) is 2. The fourth-order valence-electron chi connectivity index (χ4n) is 1.60. The summed E-state index contributed by atoms with van der Waals surface area (Å²) in [6.07, 6.45) is 0. The van der Waals surface area contributed by atoms with E-state index < -0.39 is 0 Å². The summed E-state index contributed by atoms with van der Waals surface area (Å²) < 4.78 is 5.68. The van der Waals surface area contributed by atoms with Gasteiger partial charge >= 0.3 is 0 Å². The number of anilines is 1. The van der Waals surface area contributed by atoms with Gasteiger partial charge in [-0.25, -0.2) is 0 Å². The molecule has 0 amide bonds. The Hall–Kier alpha value is -1.96. The molecule has 0 heterocycles. The second-order valence-corrected chi connectivity index (χ2v) is 4.04. The summed E-state index contributed by atoms with van der Waals surface area (Å²) >= 11 is 0. The molecule has 2 aromatic rings. The lowest BCUT2D eigenvalue weighted by Gasteiger charge is -2.16. The molecule has 0 aromatic heterocycles. The zero-order valence-electron chi connectivity index (χ0n) is 9.97. The maximum atomic E-state index is 5.68. The van der Waals surface area contributed by atoms with E-state index in [4.69, 9.17) is 4.74 Å². The minimum atomic E-state index is 0.276. The smallest absolute Gasteiger partial charge is 0.119 e. The van der Waals surface area contributed by atoms with Crippen molar-refractivity contribution in [1.82, 2.24) is 0 Å². The third kappa shape index (κ3) is 3.83. The summed E-state index contributed by atoms with van der Waals surface area (Å²) in [6, 6.07) is 20.3. The van der Waals surface area contributed by atoms with Crippen molar-refractivity contribution in [3.8, 4) is 5.75 Å². The molecule has 2 heteroatoms. The Kier molecular flexibility index (Phi) is 4.03. The first-order chi connectivity index (χ1) is 8.34. The van der Waals surface area contributed by atoms with Crippen molar-refractivity contribution in [2.24, 2.45) is 0 Å². The lowest BCUT2D eigenvalue weighted by Crippen LogP contribution is -2.23. The molecule has 17 heavy (non-hydrogen) atoms. The van der Waals surface area contributed by atoms with E-state index >= 15 is 0 Å². The van der Waals surface area contributed by atoms with Crippen LogP contribution < -0.4 is 10.1 Å². The van der Waals surface area contributed by atoms with E-state index in [9.17, 15) is 0 Å². The monoisotopic (exact) mass is 227 g/mol. The molecular formula is C15H17NO. The first-order valence-corrected chi connectivity index (χ1v) is 5.84. The molecule has 2 aromatic carbocycles. The van der Waals surface area contributed by atoms with Gasteiger partial charge in [0.15, 0.2) is 0 Å². The van der Waals surface area contributed by atoms with Gasteiger partial charge in [0.2, 0.25) is 0 Å². The first kappa shape index (κ1) is 11.5. The van der Waals surface area contributed by atoms with Gasteiger partial charge in [-0.2, -0.15) is 0 Å². The molecule has 1 N–H and O–H groups in total. The molecule has 0 saturated heterocycles. The largest absolute Gasteiger partial charge is 0.491 e. The summed E-state index contributed by atoms with van der Waals surface area (Å²) in [6.45, 7) is 2.76. The number of nitrogens with one attached hydrogen (secondary N) is 1. The number of para-hydroxylation sites is 2. The zero-order valence-corrected chi connectivity index (χ0v) is 9.97. The van der Waals surface area contributed by atoms with Gasteiger partial charge in [-0.05, 0) is 31.2 Å². The van der Waals surface area contributed by atoms with Crippen molar-refractivity contribution in [3.05, 3.63) is 60.7 Å². The number of rotatable bonds is 5. The highest BCUT2D eigenvalue weighted by atomic mass is 16.5. The molecule has 0 spiro atoms. The van der Waals surface area contributed by atoms with Gasteiger partial charge in [-0.1, -0.05) is 36.4 Å². The molecule has 0 aliphatic rings. The summed E-state index contributed by atoms with van der Waals surface area (Å²) in [5.41, 5.74) is 1.12. The van der Waals surface area contributed by atoms with Crippen molar-refractivity contribution >= 4 is 5.69 Å². The van der Waals surface area contributed by atoms with Gasteiger partial charge in [0.05, 0.1) is 6.04 Å². The molecule has 0 bridgehead atoms. The second-order valence-electron chi connectivity index (χ2n) is 4.04. The SMILES string of the molecule is CC(COc1ccccc1)Nc1ccccc1. The summed E-state index contributed by atoms with van der Waals surface area (Å²) in [5, 5.41) is 3.39. The topological polar surface area (TPSA) is 21.3 Å². The van der Waals surface area contributed by atoms with E-state index in [0.29, 0.717) is 6.61 Å². The molecule has 0 radical (unpaired) electrons. The van der Waals surface area contributed by atoms with Crippen LogP contribution >= 0.6 is 0 Å². The van der Waals surface area contributed by atoms with Crippen LogP contribution in [0, 0.1) is 0 Å². The first-order valence-electron chi connectivity index (χ1n) is 5.84. The predicted molar refractivity (Wildman–Crippen MR) is 71.5 cm³/mol. The molecule has 2 nitrogen and oxygen atoms in total. The standard InChI is InChI=1S/C15H17NO/c1-13(16-14-8-4-2-5-9-14)12-17-15-10-6-3-7-11-15/h2-11,13,16H,12H2,1H3. The number of hydrogen-bond donors (Lipinski definition) is 1.